The van der Waals surface area contributed by atoms with Gasteiger partial charge in [0.2, 0.25) is 0 Å². The molecule has 1 aliphatic heterocycles. The molecule has 0 spiro atoms. The first-order valence-electron chi connectivity index (χ1n) is 10.6. The van der Waals surface area contributed by atoms with Gasteiger partial charge in [0.25, 0.3) is 0 Å². The molecule has 1 heterocycles. The highest BCUT2D eigenvalue weighted by atomic mass is 32.2. The van der Waals surface area contributed by atoms with Crippen LogP contribution in [0.1, 0.15) is 46.4 Å². The van der Waals surface area contributed by atoms with Crippen LogP contribution in [0.2, 0.25) is 0 Å². The van der Waals surface area contributed by atoms with E-state index in [9.17, 15) is 15.3 Å². The Kier molecular flexibility index (Phi) is 7.92. The standard InChI is InChI=1S/C25H32O5S/c1-5-10-30-20-9-7-17(11-16(20)3)12-19-13-18(8-6-15(19)2)25-23(28)22(27)24(29-4)21(14-26)31-25/h6-9,11,13,21,24-28H,5,10,12,14H2,1-4H3/t21-,24-,25+/m1/s1. The molecule has 5 nitrogen and oxygen atoms in total. The Balaban J connectivity index is 1.87. The number of aliphatic hydroxyl groups is 3. The fourth-order valence-corrected chi connectivity index (χ4v) is 5.24. The monoisotopic (exact) mass is 444 g/mol. The average Bonchev–Trinajstić information content (AvgIpc) is 2.76. The summed E-state index contributed by atoms with van der Waals surface area (Å²) in [5.74, 6) is 0.610. The van der Waals surface area contributed by atoms with E-state index in [4.69, 9.17) is 9.47 Å². The summed E-state index contributed by atoms with van der Waals surface area (Å²) in [4.78, 5) is 0. The van der Waals surface area contributed by atoms with Crippen LogP contribution in [-0.2, 0) is 11.2 Å². The molecule has 0 saturated carbocycles. The lowest BCUT2D eigenvalue weighted by molar-refractivity contribution is 0.0657. The van der Waals surface area contributed by atoms with Gasteiger partial charge < -0.3 is 24.8 Å². The molecule has 0 aromatic heterocycles. The zero-order valence-corrected chi connectivity index (χ0v) is 19.4. The number of methoxy groups -OCH3 is 1. The first-order valence-corrected chi connectivity index (χ1v) is 11.6. The van der Waals surface area contributed by atoms with Gasteiger partial charge in [0.1, 0.15) is 17.6 Å². The average molecular weight is 445 g/mol. The highest BCUT2D eigenvalue weighted by Gasteiger charge is 2.38. The van der Waals surface area contributed by atoms with E-state index in [2.05, 4.69) is 39.0 Å². The van der Waals surface area contributed by atoms with E-state index in [-0.39, 0.29) is 23.4 Å². The molecule has 2 aromatic rings. The predicted octanol–water partition coefficient (Wildman–Crippen LogP) is 5.17. The molecule has 0 saturated heterocycles. The van der Waals surface area contributed by atoms with Crippen LogP contribution in [0.4, 0.5) is 0 Å². The van der Waals surface area contributed by atoms with Crippen molar-refractivity contribution >= 4 is 11.8 Å². The zero-order chi connectivity index (χ0) is 22.5. The van der Waals surface area contributed by atoms with E-state index >= 15 is 0 Å². The molecular weight excluding hydrogens is 412 g/mol. The molecule has 2 aromatic carbocycles. The molecule has 0 aliphatic carbocycles. The lowest BCUT2D eigenvalue weighted by atomic mass is 9.95. The molecule has 3 N–H and O–H groups in total. The van der Waals surface area contributed by atoms with Gasteiger partial charge >= 0.3 is 0 Å². The normalized spacial score (nSPS) is 21.4. The number of aryl methyl sites for hydroxylation is 2. The Labute approximate surface area is 188 Å². The first kappa shape index (κ1) is 23.5. The van der Waals surface area contributed by atoms with E-state index in [1.165, 1.54) is 24.4 Å². The minimum absolute atomic E-state index is 0.107. The SMILES string of the molecule is CCCOc1ccc(Cc2cc([C@@H]3S[C@H](CO)[C@@H](OC)C(O)=C3O)ccc2C)cc1C. The lowest BCUT2D eigenvalue weighted by Gasteiger charge is -2.33. The minimum atomic E-state index is -0.715. The minimum Gasteiger partial charge on any atom is -0.507 e. The molecule has 0 fully saturated rings. The molecule has 6 heteroatoms. The highest BCUT2D eigenvalue weighted by Crippen LogP contribution is 2.45. The van der Waals surface area contributed by atoms with Crippen LogP contribution in [0.15, 0.2) is 47.9 Å². The summed E-state index contributed by atoms with van der Waals surface area (Å²) in [6.07, 6.45) is 1.02. The van der Waals surface area contributed by atoms with Crippen molar-refractivity contribution in [2.75, 3.05) is 20.3 Å². The van der Waals surface area contributed by atoms with Gasteiger partial charge in [-0.05, 0) is 60.6 Å². The summed E-state index contributed by atoms with van der Waals surface area (Å²) in [6.45, 7) is 6.78. The van der Waals surface area contributed by atoms with Crippen LogP contribution < -0.4 is 4.74 Å². The number of rotatable bonds is 8. The highest BCUT2D eigenvalue weighted by molar-refractivity contribution is 8.00. The molecule has 168 valence electrons. The van der Waals surface area contributed by atoms with Crippen molar-refractivity contribution in [3.8, 4) is 5.75 Å². The summed E-state index contributed by atoms with van der Waals surface area (Å²) in [5.41, 5.74) is 5.51. The van der Waals surface area contributed by atoms with Gasteiger partial charge in [-0.25, -0.2) is 0 Å². The molecular formula is C25H32O5S. The van der Waals surface area contributed by atoms with Gasteiger partial charge in [-0.2, -0.15) is 0 Å². The van der Waals surface area contributed by atoms with Crippen molar-refractivity contribution in [1.82, 2.24) is 0 Å². The van der Waals surface area contributed by atoms with Crippen LogP contribution in [0.3, 0.4) is 0 Å². The van der Waals surface area contributed by atoms with Gasteiger partial charge in [0.05, 0.1) is 23.7 Å². The maximum atomic E-state index is 10.6. The summed E-state index contributed by atoms with van der Waals surface area (Å²) in [5, 5.41) is 30.0. The van der Waals surface area contributed by atoms with E-state index in [0.717, 1.165) is 40.8 Å². The second-order valence-corrected chi connectivity index (χ2v) is 9.32. The van der Waals surface area contributed by atoms with Gasteiger partial charge in [0, 0.05) is 7.11 Å². The second-order valence-electron chi connectivity index (χ2n) is 7.97. The van der Waals surface area contributed by atoms with Gasteiger partial charge in [-0.1, -0.05) is 37.3 Å². The maximum Gasteiger partial charge on any atom is 0.161 e. The van der Waals surface area contributed by atoms with Crippen molar-refractivity contribution in [2.24, 2.45) is 0 Å². The number of ether oxygens (including phenoxy) is 2. The third-order valence-corrected chi connectivity index (χ3v) is 7.15. The Morgan fingerprint density at radius 3 is 2.42 bits per heavy atom. The topological polar surface area (TPSA) is 79.2 Å². The fraction of sp³-hybridized carbons (Fsp3) is 0.440. The van der Waals surface area contributed by atoms with Gasteiger partial charge in [-0.3, -0.25) is 0 Å². The summed E-state index contributed by atoms with van der Waals surface area (Å²) in [7, 11) is 1.46. The van der Waals surface area contributed by atoms with E-state index < -0.39 is 11.4 Å². The number of benzene rings is 2. The smallest absolute Gasteiger partial charge is 0.161 e. The van der Waals surface area contributed by atoms with Crippen molar-refractivity contribution in [2.45, 2.75) is 50.2 Å². The number of hydrogen-bond donors (Lipinski definition) is 3. The Bertz CT molecular complexity index is 940. The lowest BCUT2D eigenvalue weighted by Crippen LogP contribution is -2.36. The molecule has 1 aliphatic rings. The van der Waals surface area contributed by atoms with Crippen LogP contribution in [-0.4, -0.2) is 47.0 Å². The summed E-state index contributed by atoms with van der Waals surface area (Å²) in [6, 6.07) is 12.4. The number of thioether (sulfide) groups is 1. The van der Waals surface area contributed by atoms with Crippen molar-refractivity contribution in [3.05, 3.63) is 75.7 Å². The quantitative estimate of drug-likeness (QED) is 0.521. The van der Waals surface area contributed by atoms with Gasteiger partial charge in [-0.15, -0.1) is 11.8 Å². The first-order chi connectivity index (χ1) is 14.9. The number of hydrogen-bond acceptors (Lipinski definition) is 6. The molecule has 0 radical (unpaired) electrons. The third kappa shape index (κ3) is 5.20. The Morgan fingerprint density at radius 2 is 1.77 bits per heavy atom. The largest absolute Gasteiger partial charge is 0.507 e. The van der Waals surface area contributed by atoms with E-state index in [1.807, 2.05) is 18.2 Å². The van der Waals surface area contributed by atoms with Crippen LogP contribution >= 0.6 is 11.8 Å². The molecule has 31 heavy (non-hydrogen) atoms. The summed E-state index contributed by atoms with van der Waals surface area (Å²) < 4.78 is 11.1. The third-order valence-electron chi connectivity index (χ3n) is 5.63. The van der Waals surface area contributed by atoms with Crippen molar-refractivity contribution < 1.29 is 24.8 Å². The van der Waals surface area contributed by atoms with Gasteiger partial charge in [0.15, 0.2) is 5.76 Å². The molecule has 0 bridgehead atoms. The maximum absolute atomic E-state index is 10.6. The molecule has 3 rings (SSSR count). The van der Waals surface area contributed by atoms with Crippen LogP contribution in [0.25, 0.3) is 0 Å². The van der Waals surface area contributed by atoms with E-state index in [1.54, 1.807) is 0 Å². The molecule has 0 unspecified atom stereocenters. The zero-order valence-electron chi connectivity index (χ0n) is 18.6. The summed E-state index contributed by atoms with van der Waals surface area (Å²) >= 11 is 1.40. The molecule has 0 amide bonds. The van der Waals surface area contributed by atoms with Crippen LogP contribution in [0, 0.1) is 13.8 Å². The Hall–Kier alpha value is -2.15. The second kappa shape index (κ2) is 10.4. The Morgan fingerprint density at radius 1 is 1.00 bits per heavy atom. The van der Waals surface area contributed by atoms with Crippen molar-refractivity contribution in [3.63, 3.8) is 0 Å². The molecule has 3 atom stereocenters. The van der Waals surface area contributed by atoms with Crippen molar-refractivity contribution in [1.29, 1.82) is 0 Å². The number of aliphatic hydroxyl groups excluding tert-OH is 3. The van der Waals surface area contributed by atoms with E-state index in [0.29, 0.717) is 6.61 Å². The van der Waals surface area contributed by atoms with Crippen LogP contribution in [0.5, 0.6) is 5.75 Å². The fourth-order valence-electron chi connectivity index (χ4n) is 3.87. The predicted molar refractivity (Wildman–Crippen MR) is 125 cm³/mol.